The summed E-state index contributed by atoms with van der Waals surface area (Å²) in [6, 6.07) is 11.0. The third-order valence-electron chi connectivity index (χ3n) is 4.15. The van der Waals surface area contributed by atoms with Gasteiger partial charge in [0.1, 0.15) is 5.82 Å². The third kappa shape index (κ3) is 2.56. The molecule has 2 unspecified atom stereocenters. The van der Waals surface area contributed by atoms with Gasteiger partial charge in [0.05, 0.1) is 5.52 Å². The quantitative estimate of drug-likeness (QED) is 0.821. The van der Waals surface area contributed by atoms with E-state index < -0.39 is 0 Å². The first kappa shape index (κ1) is 13.2. The largest absolute Gasteiger partial charge is 0.399 e. The van der Waals surface area contributed by atoms with Crippen molar-refractivity contribution >= 4 is 22.4 Å². The first-order valence-corrected chi connectivity index (χ1v) is 7.35. The van der Waals surface area contributed by atoms with Crippen LogP contribution in [0.2, 0.25) is 0 Å². The average molecular weight is 270 g/mol. The average Bonchev–Trinajstić information content (AvgIpc) is 2.43. The Morgan fingerprint density at radius 2 is 1.90 bits per heavy atom. The number of nitrogens with zero attached hydrogens (tertiary/aromatic N) is 2. The van der Waals surface area contributed by atoms with Crippen LogP contribution in [0.1, 0.15) is 33.1 Å². The number of benzene rings is 1. The summed E-state index contributed by atoms with van der Waals surface area (Å²) in [5, 5.41) is 3.41. The molecule has 2 heterocycles. The molecule has 4 nitrogen and oxygen atoms in total. The fourth-order valence-corrected chi connectivity index (χ4v) is 2.98. The summed E-state index contributed by atoms with van der Waals surface area (Å²) in [6.07, 6.45) is 3.79. The van der Waals surface area contributed by atoms with Gasteiger partial charge in [-0.1, -0.05) is 6.42 Å². The van der Waals surface area contributed by atoms with E-state index >= 15 is 0 Å². The summed E-state index contributed by atoms with van der Waals surface area (Å²) in [5.74, 6) is 0.905. The van der Waals surface area contributed by atoms with E-state index in [1.54, 1.807) is 0 Å². The molecule has 4 heteroatoms. The molecule has 1 aromatic heterocycles. The minimum absolute atomic E-state index is 0.544. The van der Waals surface area contributed by atoms with Gasteiger partial charge in [0.15, 0.2) is 0 Å². The number of nitrogen functional groups attached to an aromatic ring is 1. The second-order valence-electron chi connectivity index (χ2n) is 5.80. The molecular formula is C16H22N4. The molecule has 1 saturated heterocycles. The van der Waals surface area contributed by atoms with Crippen LogP contribution in [0.5, 0.6) is 0 Å². The van der Waals surface area contributed by atoms with Gasteiger partial charge in [0.2, 0.25) is 0 Å². The van der Waals surface area contributed by atoms with Crippen molar-refractivity contribution in [2.75, 3.05) is 11.2 Å². The van der Waals surface area contributed by atoms with Gasteiger partial charge < -0.3 is 11.2 Å². The number of rotatable bonds is 2. The molecule has 3 N–H and O–H groups in total. The molecule has 0 aliphatic carbocycles. The molecule has 0 amide bonds. The lowest BCUT2D eigenvalue weighted by molar-refractivity contribution is 0.135. The summed E-state index contributed by atoms with van der Waals surface area (Å²) < 4.78 is 0. The minimum atomic E-state index is 0.544. The van der Waals surface area contributed by atoms with Crippen LogP contribution in [0, 0.1) is 0 Å². The summed E-state index contributed by atoms with van der Waals surface area (Å²) in [7, 11) is 0. The lowest BCUT2D eigenvalue weighted by Gasteiger charge is -2.39. The predicted octanol–water partition coefficient (Wildman–Crippen LogP) is 3.41. The lowest BCUT2D eigenvalue weighted by atomic mass is 10.00. The molecule has 1 aliphatic rings. The number of aromatic nitrogens is 1. The summed E-state index contributed by atoms with van der Waals surface area (Å²) in [4.78, 5) is 4.67. The van der Waals surface area contributed by atoms with E-state index in [2.05, 4.69) is 35.3 Å². The first-order valence-electron chi connectivity index (χ1n) is 7.35. The van der Waals surface area contributed by atoms with Crippen LogP contribution in [-0.4, -0.2) is 22.1 Å². The van der Waals surface area contributed by atoms with Gasteiger partial charge in [-0.25, -0.2) is 9.99 Å². The molecule has 20 heavy (non-hydrogen) atoms. The van der Waals surface area contributed by atoms with Gasteiger partial charge in [0, 0.05) is 23.2 Å². The number of nitrogens with two attached hydrogens (primary N) is 1. The highest BCUT2D eigenvalue weighted by atomic mass is 15.5. The van der Waals surface area contributed by atoms with E-state index in [0.717, 1.165) is 22.4 Å². The maximum atomic E-state index is 5.80. The van der Waals surface area contributed by atoms with Gasteiger partial charge in [-0.05, 0) is 57.0 Å². The number of hydrazine groups is 1. The first-order chi connectivity index (χ1) is 9.63. The molecule has 1 fully saturated rings. The maximum absolute atomic E-state index is 5.80. The molecule has 3 rings (SSSR count). The van der Waals surface area contributed by atoms with E-state index in [9.17, 15) is 0 Å². The van der Waals surface area contributed by atoms with Gasteiger partial charge in [0.25, 0.3) is 0 Å². The van der Waals surface area contributed by atoms with Crippen LogP contribution in [0.4, 0.5) is 11.5 Å². The van der Waals surface area contributed by atoms with Crippen molar-refractivity contribution in [1.82, 2.24) is 9.99 Å². The number of fused-ring (bicyclic) bond motifs is 1. The smallest absolute Gasteiger partial charge is 0.141 e. The van der Waals surface area contributed by atoms with E-state index in [0.29, 0.717) is 12.1 Å². The van der Waals surface area contributed by atoms with Crippen molar-refractivity contribution in [3.05, 3.63) is 30.3 Å². The lowest BCUT2D eigenvalue weighted by Crippen LogP contribution is -2.47. The van der Waals surface area contributed by atoms with Crippen molar-refractivity contribution in [1.29, 1.82) is 0 Å². The van der Waals surface area contributed by atoms with E-state index in [1.165, 1.54) is 19.3 Å². The highest BCUT2D eigenvalue weighted by molar-refractivity contribution is 5.83. The van der Waals surface area contributed by atoms with Gasteiger partial charge in [-0.2, -0.15) is 0 Å². The van der Waals surface area contributed by atoms with E-state index in [1.807, 2.05) is 24.3 Å². The molecule has 0 saturated carbocycles. The number of pyridine rings is 1. The number of hydrogen-bond donors (Lipinski definition) is 2. The zero-order valence-corrected chi connectivity index (χ0v) is 12.1. The Balaban J connectivity index is 1.85. The Labute approximate surface area is 120 Å². The highest BCUT2D eigenvalue weighted by Crippen LogP contribution is 2.24. The molecule has 0 spiro atoms. The highest BCUT2D eigenvalue weighted by Gasteiger charge is 2.24. The molecule has 2 atom stereocenters. The number of nitrogens with one attached hydrogen (secondary N) is 1. The Bertz CT molecular complexity index is 600. The van der Waals surface area contributed by atoms with Crippen LogP contribution < -0.4 is 11.2 Å². The van der Waals surface area contributed by atoms with Crippen LogP contribution in [0.25, 0.3) is 10.9 Å². The Hall–Kier alpha value is -1.81. The van der Waals surface area contributed by atoms with Gasteiger partial charge >= 0.3 is 0 Å². The number of piperidine rings is 1. The Morgan fingerprint density at radius 1 is 1.15 bits per heavy atom. The number of anilines is 2. The zero-order valence-electron chi connectivity index (χ0n) is 12.1. The van der Waals surface area contributed by atoms with Crippen LogP contribution in [0.15, 0.2) is 30.3 Å². The second-order valence-corrected chi connectivity index (χ2v) is 5.80. The molecule has 2 aromatic rings. The van der Waals surface area contributed by atoms with Crippen LogP contribution in [0.3, 0.4) is 0 Å². The van der Waals surface area contributed by atoms with Crippen LogP contribution >= 0.6 is 0 Å². The third-order valence-corrected chi connectivity index (χ3v) is 4.15. The maximum Gasteiger partial charge on any atom is 0.141 e. The molecular weight excluding hydrogens is 248 g/mol. The normalized spacial score (nSPS) is 23.9. The van der Waals surface area contributed by atoms with Crippen molar-refractivity contribution in [2.24, 2.45) is 0 Å². The van der Waals surface area contributed by atoms with Crippen molar-refractivity contribution in [3.63, 3.8) is 0 Å². The van der Waals surface area contributed by atoms with Crippen molar-refractivity contribution in [3.8, 4) is 0 Å². The van der Waals surface area contributed by atoms with Gasteiger partial charge in [-0.3, -0.25) is 0 Å². The summed E-state index contributed by atoms with van der Waals surface area (Å²) in [5.41, 5.74) is 11.0. The second kappa shape index (κ2) is 5.29. The standard InChI is InChI=1S/C16H22N4/c1-11-4-3-5-12(2)20(11)19-16-9-6-13-10-14(17)7-8-15(13)18-16/h6-12H,3-5,17H2,1-2H3,(H,18,19). The summed E-state index contributed by atoms with van der Waals surface area (Å²) >= 11 is 0. The Kier molecular flexibility index (Phi) is 3.49. The monoisotopic (exact) mass is 270 g/mol. The summed E-state index contributed by atoms with van der Waals surface area (Å²) in [6.45, 7) is 4.54. The Morgan fingerprint density at radius 3 is 2.65 bits per heavy atom. The van der Waals surface area contributed by atoms with Crippen molar-refractivity contribution in [2.45, 2.75) is 45.2 Å². The van der Waals surface area contributed by atoms with Crippen molar-refractivity contribution < 1.29 is 0 Å². The fraction of sp³-hybridized carbons (Fsp3) is 0.438. The molecule has 0 radical (unpaired) electrons. The van der Waals surface area contributed by atoms with E-state index in [4.69, 9.17) is 5.73 Å². The zero-order chi connectivity index (χ0) is 14.1. The van der Waals surface area contributed by atoms with Gasteiger partial charge in [-0.15, -0.1) is 0 Å². The predicted molar refractivity (Wildman–Crippen MR) is 84.4 cm³/mol. The topological polar surface area (TPSA) is 54.2 Å². The molecule has 1 aliphatic heterocycles. The SMILES string of the molecule is CC1CCCC(C)N1Nc1ccc2cc(N)ccc2n1. The molecule has 106 valence electrons. The molecule has 0 bridgehead atoms. The minimum Gasteiger partial charge on any atom is -0.399 e. The molecule has 1 aromatic carbocycles. The fourth-order valence-electron chi connectivity index (χ4n) is 2.98. The van der Waals surface area contributed by atoms with E-state index in [-0.39, 0.29) is 0 Å². The number of hydrogen-bond acceptors (Lipinski definition) is 4. The van der Waals surface area contributed by atoms with Crippen LogP contribution in [-0.2, 0) is 0 Å².